The van der Waals surface area contributed by atoms with Crippen LogP contribution in [0.2, 0.25) is 0 Å². The van der Waals surface area contributed by atoms with E-state index in [1.807, 2.05) is 0 Å². The van der Waals surface area contributed by atoms with Crippen LogP contribution in [0.3, 0.4) is 0 Å². The monoisotopic (exact) mass is 303 g/mol. The van der Waals surface area contributed by atoms with Gasteiger partial charge in [0.15, 0.2) is 6.61 Å². The van der Waals surface area contributed by atoms with Gasteiger partial charge in [0, 0.05) is 13.2 Å². The number of aliphatic hydroxyl groups is 1. The summed E-state index contributed by atoms with van der Waals surface area (Å²) >= 11 is 0. The SMILES string of the molecule is OCC1CCN(Cc2ccc(OCC(F)(F)F)cc2)CC1. The van der Waals surface area contributed by atoms with Gasteiger partial charge in [0.2, 0.25) is 0 Å². The molecule has 0 aromatic heterocycles. The Labute approximate surface area is 122 Å². The first-order chi connectivity index (χ1) is 9.96. The van der Waals surface area contributed by atoms with Gasteiger partial charge in [-0.1, -0.05) is 12.1 Å². The second-order valence-corrected chi connectivity index (χ2v) is 5.45. The molecule has 3 nitrogen and oxygen atoms in total. The quantitative estimate of drug-likeness (QED) is 0.908. The lowest BCUT2D eigenvalue weighted by atomic mass is 9.97. The Hall–Kier alpha value is -1.27. The molecule has 118 valence electrons. The van der Waals surface area contributed by atoms with E-state index in [0.29, 0.717) is 5.92 Å². The van der Waals surface area contributed by atoms with Crippen LogP contribution in [0.25, 0.3) is 0 Å². The molecule has 0 amide bonds. The van der Waals surface area contributed by atoms with Gasteiger partial charge >= 0.3 is 6.18 Å². The van der Waals surface area contributed by atoms with Crippen molar-refractivity contribution in [2.24, 2.45) is 5.92 Å². The molecule has 6 heteroatoms. The summed E-state index contributed by atoms with van der Waals surface area (Å²) in [5.74, 6) is 0.634. The van der Waals surface area contributed by atoms with Gasteiger partial charge in [0.25, 0.3) is 0 Å². The van der Waals surface area contributed by atoms with E-state index in [2.05, 4.69) is 9.64 Å². The minimum Gasteiger partial charge on any atom is -0.484 e. The summed E-state index contributed by atoms with van der Waals surface area (Å²) in [7, 11) is 0. The molecular formula is C15H20F3NO2. The van der Waals surface area contributed by atoms with Crippen LogP contribution in [0, 0.1) is 5.92 Å². The van der Waals surface area contributed by atoms with Gasteiger partial charge in [-0.25, -0.2) is 0 Å². The van der Waals surface area contributed by atoms with Gasteiger partial charge in [-0.15, -0.1) is 0 Å². The normalized spacial score (nSPS) is 17.9. The Kier molecular flexibility index (Phi) is 5.47. The van der Waals surface area contributed by atoms with Gasteiger partial charge in [0.05, 0.1) is 0 Å². The molecule has 2 rings (SSSR count). The second-order valence-electron chi connectivity index (χ2n) is 5.45. The summed E-state index contributed by atoms with van der Waals surface area (Å²) in [6, 6.07) is 6.73. The van der Waals surface area contributed by atoms with Crippen molar-refractivity contribution in [3.05, 3.63) is 29.8 Å². The predicted octanol–water partition coefficient (Wildman–Crippen LogP) is 2.83. The van der Waals surface area contributed by atoms with Crippen LogP contribution in [0.4, 0.5) is 13.2 Å². The summed E-state index contributed by atoms with van der Waals surface area (Å²) in [6.45, 7) is 1.65. The molecule has 0 spiro atoms. The highest BCUT2D eigenvalue weighted by Gasteiger charge is 2.28. The van der Waals surface area contributed by atoms with E-state index in [-0.39, 0.29) is 12.4 Å². The highest BCUT2D eigenvalue weighted by atomic mass is 19.4. The number of alkyl halides is 3. The van der Waals surface area contributed by atoms with Crippen LogP contribution in [-0.2, 0) is 6.54 Å². The second kappa shape index (κ2) is 7.13. The molecule has 0 bridgehead atoms. The van der Waals surface area contributed by atoms with Crippen molar-refractivity contribution in [1.29, 1.82) is 0 Å². The number of benzene rings is 1. The molecular weight excluding hydrogens is 283 g/mol. The number of hydrogen-bond donors (Lipinski definition) is 1. The lowest BCUT2D eigenvalue weighted by Crippen LogP contribution is -2.34. The van der Waals surface area contributed by atoms with Crippen molar-refractivity contribution in [3.8, 4) is 5.75 Å². The topological polar surface area (TPSA) is 32.7 Å². The van der Waals surface area contributed by atoms with Crippen molar-refractivity contribution < 1.29 is 23.0 Å². The number of likely N-dealkylation sites (tertiary alicyclic amines) is 1. The van der Waals surface area contributed by atoms with Crippen LogP contribution < -0.4 is 4.74 Å². The Bertz CT molecular complexity index is 426. The molecule has 1 aliphatic heterocycles. The number of hydrogen-bond acceptors (Lipinski definition) is 3. The van der Waals surface area contributed by atoms with Crippen LogP contribution in [0.1, 0.15) is 18.4 Å². The Morgan fingerprint density at radius 2 is 1.76 bits per heavy atom. The van der Waals surface area contributed by atoms with Gasteiger partial charge in [-0.2, -0.15) is 13.2 Å². The lowest BCUT2D eigenvalue weighted by molar-refractivity contribution is -0.153. The summed E-state index contributed by atoms with van der Waals surface area (Å²) < 4.78 is 40.8. The van der Waals surface area contributed by atoms with Crippen molar-refractivity contribution in [3.63, 3.8) is 0 Å². The number of ether oxygens (including phenoxy) is 1. The first kappa shape index (κ1) is 16.1. The molecule has 0 atom stereocenters. The fourth-order valence-corrected chi connectivity index (χ4v) is 2.44. The first-order valence-electron chi connectivity index (χ1n) is 7.08. The zero-order valence-corrected chi connectivity index (χ0v) is 11.8. The standard InChI is InChI=1S/C15H20F3NO2/c16-15(17,18)11-21-14-3-1-12(2-4-14)9-19-7-5-13(10-20)6-8-19/h1-4,13,20H,5-11H2. The third kappa shape index (κ3) is 5.55. The highest BCUT2D eigenvalue weighted by molar-refractivity contribution is 5.27. The summed E-state index contributed by atoms with van der Waals surface area (Å²) in [4.78, 5) is 2.29. The average Bonchev–Trinajstić information content (AvgIpc) is 2.46. The molecule has 1 aliphatic rings. The van der Waals surface area contributed by atoms with E-state index in [1.54, 1.807) is 24.3 Å². The maximum Gasteiger partial charge on any atom is 0.422 e. The predicted molar refractivity (Wildman–Crippen MR) is 73.1 cm³/mol. The van der Waals surface area contributed by atoms with Crippen molar-refractivity contribution in [2.45, 2.75) is 25.6 Å². The van der Waals surface area contributed by atoms with Crippen LogP contribution in [0.15, 0.2) is 24.3 Å². The number of halogens is 3. The largest absolute Gasteiger partial charge is 0.484 e. The fourth-order valence-electron chi connectivity index (χ4n) is 2.44. The molecule has 21 heavy (non-hydrogen) atoms. The van der Waals surface area contributed by atoms with Gasteiger partial charge < -0.3 is 9.84 Å². The Balaban J connectivity index is 1.80. The summed E-state index contributed by atoms with van der Waals surface area (Å²) in [6.07, 6.45) is -2.33. The van der Waals surface area contributed by atoms with Crippen LogP contribution in [0.5, 0.6) is 5.75 Å². The molecule has 0 radical (unpaired) electrons. The molecule has 1 N–H and O–H groups in total. The van der Waals surface area contributed by atoms with Gasteiger partial charge in [-0.05, 0) is 49.5 Å². The third-order valence-corrected chi connectivity index (χ3v) is 3.70. The molecule has 1 saturated heterocycles. The van der Waals surface area contributed by atoms with E-state index in [4.69, 9.17) is 5.11 Å². The molecule has 1 aromatic rings. The van der Waals surface area contributed by atoms with Crippen LogP contribution >= 0.6 is 0 Å². The van der Waals surface area contributed by atoms with E-state index >= 15 is 0 Å². The van der Waals surface area contributed by atoms with E-state index in [0.717, 1.165) is 38.0 Å². The fraction of sp³-hybridized carbons (Fsp3) is 0.600. The number of rotatable bonds is 5. The molecule has 0 aliphatic carbocycles. The molecule has 0 unspecified atom stereocenters. The zero-order valence-electron chi connectivity index (χ0n) is 11.8. The van der Waals surface area contributed by atoms with E-state index in [1.165, 1.54) is 0 Å². The van der Waals surface area contributed by atoms with Crippen molar-refractivity contribution in [2.75, 3.05) is 26.3 Å². The Morgan fingerprint density at radius 3 is 2.29 bits per heavy atom. The van der Waals surface area contributed by atoms with Gasteiger partial charge in [-0.3, -0.25) is 4.90 Å². The molecule has 0 saturated carbocycles. The maximum absolute atomic E-state index is 12.0. The van der Waals surface area contributed by atoms with E-state index < -0.39 is 12.8 Å². The summed E-state index contributed by atoms with van der Waals surface area (Å²) in [5.41, 5.74) is 1.05. The summed E-state index contributed by atoms with van der Waals surface area (Å²) in [5, 5.41) is 9.09. The minimum absolute atomic E-state index is 0.232. The van der Waals surface area contributed by atoms with Crippen molar-refractivity contribution >= 4 is 0 Å². The highest BCUT2D eigenvalue weighted by Crippen LogP contribution is 2.21. The maximum atomic E-state index is 12.0. The smallest absolute Gasteiger partial charge is 0.422 e. The zero-order chi connectivity index (χ0) is 15.3. The third-order valence-electron chi connectivity index (χ3n) is 3.70. The molecule has 1 heterocycles. The first-order valence-corrected chi connectivity index (χ1v) is 7.08. The lowest BCUT2D eigenvalue weighted by Gasteiger charge is -2.31. The molecule has 1 aromatic carbocycles. The molecule has 1 fully saturated rings. The van der Waals surface area contributed by atoms with Crippen LogP contribution in [-0.4, -0.2) is 42.5 Å². The average molecular weight is 303 g/mol. The minimum atomic E-state index is -4.31. The number of nitrogens with zero attached hydrogens (tertiary/aromatic N) is 1. The number of piperidine rings is 1. The Morgan fingerprint density at radius 1 is 1.14 bits per heavy atom. The van der Waals surface area contributed by atoms with E-state index in [9.17, 15) is 13.2 Å². The van der Waals surface area contributed by atoms with Crippen molar-refractivity contribution in [1.82, 2.24) is 4.90 Å². The van der Waals surface area contributed by atoms with Gasteiger partial charge in [0.1, 0.15) is 5.75 Å². The number of aliphatic hydroxyl groups excluding tert-OH is 1.